The zero-order valence-electron chi connectivity index (χ0n) is 59.4. The van der Waals surface area contributed by atoms with Crippen molar-refractivity contribution in [1.29, 1.82) is 5.41 Å². The number of phenolic OH excluding ortho intramolecular Hbond substituents is 2. The quantitative estimate of drug-likeness (QED) is 0.0173. The minimum atomic E-state index is -1.96. The number of nitrogens with one attached hydrogen (secondary N) is 14. The van der Waals surface area contributed by atoms with Gasteiger partial charge in [0.2, 0.25) is 76.8 Å². The van der Waals surface area contributed by atoms with Crippen LogP contribution in [0.1, 0.15) is 66.1 Å². The second-order valence-corrected chi connectivity index (χ2v) is 26.2. The van der Waals surface area contributed by atoms with Gasteiger partial charge in [-0.25, -0.2) is 4.98 Å². The first kappa shape index (κ1) is 81.4. The highest BCUT2D eigenvalue weighted by atomic mass is 16.3. The van der Waals surface area contributed by atoms with Crippen molar-refractivity contribution in [3.8, 4) is 11.5 Å². The van der Waals surface area contributed by atoms with E-state index < -0.39 is 175 Å². The van der Waals surface area contributed by atoms with E-state index in [1.807, 2.05) is 18.2 Å². The fourth-order valence-corrected chi connectivity index (χ4v) is 11.8. The molecule has 109 heavy (non-hydrogen) atoms. The number of primary amides is 2. The molecule has 11 atom stereocenters. The predicted octanol–water partition coefficient (Wildman–Crippen LogP) is -2.93. The molecule has 24 N–H and O–H groups in total. The van der Waals surface area contributed by atoms with E-state index in [9.17, 15) is 53.4 Å². The van der Waals surface area contributed by atoms with E-state index in [0.717, 1.165) is 10.8 Å². The summed E-state index contributed by atoms with van der Waals surface area (Å²) in [5.41, 5.74) is 26.0. The molecule has 0 spiro atoms. The third-order valence-corrected chi connectivity index (χ3v) is 17.6. The predicted molar refractivity (Wildman–Crippen MR) is 397 cm³/mol. The Kier molecular flexibility index (Phi) is 29.7. The van der Waals surface area contributed by atoms with Gasteiger partial charge in [0.15, 0.2) is 5.96 Å². The van der Waals surface area contributed by atoms with E-state index in [1.54, 1.807) is 84.9 Å². The number of hydrogen-bond acceptors (Lipinski definition) is 18. The highest BCUT2D eigenvalue weighted by Crippen LogP contribution is 2.19. The number of imidazole rings is 1. The van der Waals surface area contributed by atoms with Crippen molar-refractivity contribution in [2.24, 2.45) is 22.9 Å². The molecule has 1 unspecified atom stereocenters. The number of guanidine groups is 1. The molecule has 1 aromatic heterocycles. The summed E-state index contributed by atoms with van der Waals surface area (Å²) in [6.07, 6.45) is -1.07. The Morgan fingerprint density at radius 3 is 1.60 bits per heavy atom. The number of aromatic nitrogens is 2. The summed E-state index contributed by atoms with van der Waals surface area (Å²) in [6, 6.07) is 21.6. The number of H-pyrrole nitrogens is 1. The van der Waals surface area contributed by atoms with E-state index in [2.05, 4.69) is 73.8 Å². The molecule has 0 aliphatic carbocycles. The lowest BCUT2D eigenvalue weighted by Crippen LogP contribution is -2.62. The Morgan fingerprint density at radius 1 is 0.541 bits per heavy atom. The maximum Gasteiger partial charge on any atom is 0.245 e. The molecular formula is C75H89N19O15. The fraction of sp³-hybridized carbons (Fsp3) is 0.320. The van der Waals surface area contributed by atoms with Gasteiger partial charge in [0.25, 0.3) is 0 Å². The number of rotatable bonds is 23. The van der Waals surface area contributed by atoms with Gasteiger partial charge in [-0.15, -0.1) is 0 Å². The average molecular weight is 1500 g/mol. The van der Waals surface area contributed by atoms with Crippen LogP contribution in [0.4, 0.5) is 0 Å². The number of hydrogen-bond donors (Lipinski definition) is 20. The molecule has 574 valence electrons. The van der Waals surface area contributed by atoms with Gasteiger partial charge >= 0.3 is 0 Å². The van der Waals surface area contributed by atoms with Crippen LogP contribution < -0.4 is 86.7 Å². The zero-order valence-corrected chi connectivity index (χ0v) is 59.4. The summed E-state index contributed by atoms with van der Waals surface area (Å²) in [6.45, 7) is 0.275. The van der Waals surface area contributed by atoms with E-state index in [0.29, 0.717) is 27.8 Å². The number of phenols is 2. The summed E-state index contributed by atoms with van der Waals surface area (Å²) in [5, 5.41) is 60.1. The number of nitrogens with zero attached hydrogens (tertiary/aromatic N) is 1. The van der Waals surface area contributed by atoms with E-state index in [4.69, 9.17) is 28.3 Å². The Balaban J connectivity index is 1.22. The Hall–Kier alpha value is -13.3. The summed E-state index contributed by atoms with van der Waals surface area (Å²) in [7, 11) is 0. The van der Waals surface area contributed by atoms with Crippen LogP contribution in [-0.2, 0) is 101 Å². The Labute approximate surface area is 625 Å². The van der Waals surface area contributed by atoms with Crippen molar-refractivity contribution in [3.63, 3.8) is 0 Å². The van der Waals surface area contributed by atoms with E-state index in [1.165, 1.54) is 68.0 Å². The summed E-state index contributed by atoms with van der Waals surface area (Å²) in [4.78, 5) is 196. The van der Waals surface area contributed by atoms with Crippen LogP contribution in [0.5, 0.6) is 11.5 Å². The maximum atomic E-state index is 15.1. The largest absolute Gasteiger partial charge is 0.508 e. The maximum absolute atomic E-state index is 15.1. The van der Waals surface area contributed by atoms with E-state index in [-0.39, 0.29) is 68.7 Å². The molecule has 0 radical (unpaired) electrons. The summed E-state index contributed by atoms with van der Waals surface area (Å²) >= 11 is 0. The van der Waals surface area contributed by atoms with Gasteiger partial charge in [-0.1, -0.05) is 127 Å². The third-order valence-electron chi connectivity index (χ3n) is 17.6. The molecule has 1 aliphatic rings. The molecule has 1 fully saturated rings. The Bertz CT molecular complexity index is 4380. The van der Waals surface area contributed by atoms with Crippen LogP contribution >= 0.6 is 0 Å². The number of benzene rings is 6. The number of carbonyl (C=O) groups excluding carboxylic acids is 13. The minimum absolute atomic E-state index is 0.00487. The van der Waals surface area contributed by atoms with Crippen LogP contribution in [0.15, 0.2) is 164 Å². The fourth-order valence-electron chi connectivity index (χ4n) is 11.8. The lowest BCUT2D eigenvalue weighted by molar-refractivity contribution is -0.136. The standard InChI is InChI=1S/C75H89N19O15/c1-41-65(100)89-55(32-42-11-4-2-5-12-42)72(107)94-61(74(109)88-54(64(78)99)31-45-21-26-51(96)27-22-45)39-83-67(102)60(90-66(101)52(76)30-44-19-24-50(95)25-20-44)37-63(98)86-58(35-49-38-81-40-84-49)73(108)92-56(33-43-13-6-3-7-14-43)70(105)87-53(17-10-28-82-75(79)80)68(103)91-57(71(106)93-59(36-62(77)97)69(104)85-41)34-46-18-23-47-15-8-9-16-48(47)29-46/h2-9,11-16,18-27,29,38,40-41,52-61,95-96H,10,17,28,30-37,39,76H2,1H3,(H2,77,97)(H2,78,99)(H,81,84)(H,83,102)(H,85,104)(H,86,98)(H,87,105)(H,88,109)(H,89,100)(H,90,101)(H,91,103)(H,92,108)(H,93,106)(H,94,107)(H4,79,80,82)/t41-,52-,53-,54-,55-,56+,57+,58-,59-,60+,61?/m0/s1. The number of fused-ring (bicyclic) bond motifs is 1. The van der Waals surface area contributed by atoms with Crippen LogP contribution in [0.2, 0.25) is 0 Å². The van der Waals surface area contributed by atoms with Crippen molar-refractivity contribution in [3.05, 3.63) is 198 Å². The normalized spacial score (nSPS) is 21.0. The highest BCUT2D eigenvalue weighted by Gasteiger charge is 2.38. The van der Waals surface area contributed by atoms with E-state index >= 15 is 19.2 Å². The van der Waals surface area contributed by atoms with Gasteiger partial charge in [0, 0.05) is 51.4 Å². The molecule has 2 heterocycles. The van der Waals surface area contributed by atoms with Crippen molar-refractivity contribution < 1.29 is 72.5 Å². The van der Waals surface area contributed by atoms with Gasteiger partial charge < -0.3 is 102 Å². The molecule has 0 saturated carbocycles. The van der Waals surface area contributed by atoms with Crippen LogP contribution in [-0.4, -0.2) is 182 Å². The average Bonchev–Trinajstić information content (AvgIpc) is 1.00. The molecule has 7 aromatic rings. The molecule has 34 nitrogen and oxygen atoms in total. The number of aromatic hydroxyl groups is 2. The van der Waals surface area contributed by atoms with Gasteiger partial charge in [-0.3, -0.25) is 67.7 Å². The van der Waals surface area contributed by atoms with Crippen LogP contribution in [0.25, 0.3) is 10.8 Å². The molecule has 1 aliphatic heterocycles. The topological polar surface area (TPSA) is 563 Å². The second-order valence-electron chi connectivity index (χ2n) is 26.2. The van der Waals surface area contributed by atoms with Crippen LogP contribution in [0, 0.1) is 5.41 Å². The van der Waals surface area contributed by atoms with Gasteiger partial charge in [0.1, 0.15) is 71.9 Å². The molecule has 6 aromatic carbocycles. The lowest BCUT2D eigenvalue weighted by atomic mass is 9.99. The number of amides is 13. The van der Waals surface area contributed by atoms with Crippen molar-refractivity contribution in [2.45, 2.75) is 138 Å². The second kappa shape index (κ2) is 39.7. The first-order valence-electron chi connectivity index (χ1n) is 34.9. The number of nitrogens with two attached hydrogens (primary N) is 4. The first-order valence-corrected chi connectivity index (χ1v) is 34.9. The number of carbonyl (C=O) groups is 13. The molecule has 1 saturated heterocycles. The van der Waals surface area contributed by atoms with Gasteiger partial charge in [-0.2, -0.15) is 0 Å². The molecule has 34 heteroatoms. The lowest BCUT2D eigenvalue weighted by Gasteiger charge is -2.28. The van der Waals surface area contributed by atoms with Crippen molar-refractivity contribution in [1.82, 2.24) is 73.8 Å². The zero-order chi connectivity index (χ0) is 78.7. The molecule has 13 amide bonds. The highest BCUT2D eigenvalue weighted by molar-refractivity contribution is 6.01. The number of aromatic amines is 1. The minimum Gasteiger partial charge on any atom is -0.508 e. The smallest absolute Gasteiger partial charge is 0.245 e. The third kappa shape index (κ3) is 25.8. The van der Waals surface area contributed by atoms with Crippen LogP contribution in [0.3, 0.4) is 0 Å². The van der Waals surface area contributed by atoms with Crippen molar-refractivity contribution in [2.75, 3.05) is 13.1 Å². The first-order chi connectivity index (χ1) is 52.1. The summed E-state index contributed by atoms with van der Waals surface area (Å²) < 4.78 is 0. The molecule has 0 bridgehead atoms. The Morgan fingerprint density at radius 2 is 1.04 bits per heavy atom. The summed E-state index contributed by atoms with van der Waals surface area (Å²) in [5.74, 6) is -14.7. The SMILES string of the molecule is C[C@@H]1NC(=O)[C@H](CC(N)=O)NC(=O)[C@@H](Cc2ccc3ccccc3c2)NC(=O)[C@H](CCCNC(=N)N)NC(=O)[C@@H](Cc2ccccc2)NC(=O)[C@H](Cc2c[nH]cn2)NC(=O)C[C@@H](NC(=O)[C@@H](N)Cc2ccc(O)cc2)C(=O)NCC(C(=O)N[C@@H](Cc2ccc(O)cc2)C(N)=O)NC(=O)[C@H](Cc2ccccc2)NC1=O. The van der Waals surface area contributed by atoms with Gasteiger partial charge in [-0.05, 0) is 89.0 Å². The van der Waals surface area contributed by atoms with Crippen molar-refractivity contribution >= 4 is 93.5 Å². The molecular weight excluding hydrogens is 1410 g/mol. The molecule has 8 rings (SSSR count). The van der Waals surface area contributed by atoms with Gasteiger partial charge in [0.05, 0.1) is 30.9 Å². The monoisotopic (exact) mass is 1500 g/mol.